The summed E-state index contributed by atoms with van der Waals surface area (Å²) >= 11 is 7.96. The summed E-state index contributed by atoms with van der Waals surface area (Å²) in [6, 6.07) is 22.8. The first-order valence-corrected chi connectivity index (χ1v) is 13.7. The van der Waals surface area contributed by atoms with Crippen molar-refractivity contribution < 1.29 is 9.53 Å². The molecule has 1 atom stereocenters. The molecule has 192 valence electrons. The SMILES string of the molecule is CCCCOc1ccc(C(=O)NC(C)c2nnc(SCc3ccccc3)n2-c2cc(Cl)ccc2C)cc1. The molecule has 0 aliphatic rings. The minimum absolute atomic E-state index is 0.191. The van der Waals surface area contributed by atoms with Gasteiger partial charge in [-0.2, -0.15) is 0 Å². The molecule has 4 rings (SSSR count). The maximum Gasteiger partial charge on any atom is 0.251 e. The second-order valence-electron chi connectivity index (χ2n) is 8.80. The number of carbonyl (C=O) groups is 1. The number of hydrogen-bond donors (Lipinski definition) is 1. The normalized spacial score (nSPS) is 11.8. The van der Waals surface area contributed by atoms with E-state index in [9.17, 15) is 4.79 Å². The van der Waals surface area contributed by atoms with Gasteiger partial charge < -0.3 is 10.1 Å². The van der Waals surface area contributed by atoms with Gasteiger partial charge in [0.2, 0.25) is 0 Å². The van der Waals surface area contributed by atoms with E-state index in [1.807, 2.05) is 66.9 Å². The summed E-state index contributed by atoms with van der Waals surface area (Å²) < 4.78 is 7.70. The molecule has 37 heavy (non-hydrogen) atoms. The number of unbranched alkanes of at least 4 members (excludes halogenated alkanes) is 1. The molecular formula is C29H31ClN4O2S. The van der Waals surface area contributed by atoms with Crippen LogP contribution in [0.5, 0.6) is 5.75 Å². The lowest BCUT2D eigenvalue weighted by atomic mass is 10.1. The van der Waals surface area contributed by atoms with Crippen molar-refractivity contribution in [3.8, 4) is 11.4 Å². The van der Waals surface area contributed by atoms with E-state index in [4.69, 9.17) is 16.3 Å². The van der Waals surface area contributed by atoms with E-state index < -0.39 is 6.04 Å². The smallest absolute Gasteiger partial charge is 0.251 e. The Bertz CT molecular complexity index is 1330. The average Bonchev–Trinajstić information content (AvgIpc) is 3.34. The third kappa shape index (κ3) is 6.93. The number of amides is 1. The lowest BCUT2D eigenvalue weighted by molar-refractivity contribution is 0.0938. The molecular weight excluding hydrogens is 504 g/mol. The standard InChI is InChI=1S/C29H31ClN4O2S/c1-4-5-17-36-25-15-12-23(13-16-25)28(35)31-21(3)27-32-33-29(37-19-22-9-7-6-8-10-22)34(27)26-18-24(30)14-11-20(26)2/h6-16,18,21H,4-5,17,19H2,1-3H3,(H,31,35). The molecule has 8 heteroatoms. The number of aryl methyl sites for hydroxylation is 1. The number of aromatic nitrogens is 3. The van der Waals surface area contributed by atoms with E-state index in [-0.39, 0.29) is 5.91 Å². The number of nitrogens with one attached hydrogen (secondary N) is 1. The number of thioether (sulfide) groups is 1. The van der Waals surface area contributed by atoms with Gasteiger partial charge in [-0.05, 0) is 67.8 Å². The summed E-state index contributed by atoms with van der Waals surface area (Å²) in [7, 11) is 0. The van der Waals surface area contributed by atoms with E-state index in [0.717, 1.165) is 40.8 Å². The van der Waals surface area contributed by atoms with Crippen LogP contribution in [0.1, 0.15) is 60.0 Å². The van der Waals surface area contributed by atoms with Gasteiger partial charge in [0, 0.05) is 16.3 Å². The molecule has 1 aromatic heterocycles. The number of carbonyl (C=O) groups excluding carboxylic acids is 1. The van der Waals surface area contributed by atoms with Crippen LogP contribution in [0, 0.1) is 6.92 Å². The zero-order valence-electron chi connectivity index (χ0n) is 21.3. The highest BCUT2D eigenvalue weighted by Gasteiger charge is 2.23. The molecule has 1 heterocycles. The molecule has 0 saturated carbocycles. The summed E-state index contributed by atoms with van der Waals surface area (Å²) in [4.78, 5) is 13.1. The van der Waals surface area contributed by atoms with Crippen LogP contribution in [0.4, 0.5) is 0 Å². The molecule has 4 aromatic rings. The highest BCUT2D eigenvalue weighted by molar-refractivity contribution is 7.98. The molecule has 0 fully saturated rings. The number of rotatable bonds is 11. The van der Waals surface area contributed by atoms with Gasteiger partial charge in [0.25, 0.3) is 5.91 Å². The Labute approximate surface area is 227 Å². The fourth-order valence-corrected chi connectivity index (χ4v) is 4.88. The van der Waals surface area contributed by atoms with Crippen molar-refractivity contribution in [2.45, 2.75) is 50.6 Å². The molecule has 1 N–H and O–H groups in total. The molecule has 1 amide bonds. The first kappa shape index (κ1) is 26.8. The van der Waals surface area contributed by atoms with Crippen LogP contribution in [0.25, 0.3) is 5.69 Å². The number of halogens is 1. The zero-order chi connectivity index (χ0) is 26.2. The maximum absolute atomic E-state index is 13.1. The molecule has 1 unspecified atom stereocenters. The van der Waals surface area contributed by atoms with Gasteiger partial charge in [-0.25, -0.2) is 0 Å². The molecule has 0 aliphatic carbocycles. The van der Waals surface area contributed by atoms with Crippen molar-refractivity contribution in [1.82, 2.24) is 20.1 Å². The highest BCUT2D eigenvalue weighted by atomic mass is 35.5. The number of nitrogens with zero attached hydrogens (tertiary/aromatic N) is 3. The summed E-state index contributed by atoms with van der Waals surface area (Å²) in [5.74, 6) is 1.94. The summed E-state index contributed by atoms with van der Waals surface area (Å²) in [6.07, 6.45) is 2.07. The Morgan fingerprint density at radius 1 is 1.08 bits per heavy atom. The second kappa shape index (κ2) is 12.8. The second-order valence-corrected chi connectivity index (χ2v) is 10.2. The first-order chi connectivity index (χ1) is 18.0. The highest BCUT2D eigenvalue weighted by Crippen LogP contribution is 2.30. The van der Waals surface area contributed by atoms with Crippen molar-refractivity contribution in [1.29, 1.82) is 0 Å². The molecule has 0 aliphatic heterocycles. The minimum Gasteiger partial charge on any atom is -0.494 e. The van der Waals surface area contributed by atoms with Gasteiger partial charge in [0.05, 0.1) is 18.3 Å². The van der Waals surface area contributed by atoms with Gasteiger partial charge in [-0.1, -0.05) is 73.1 Å². The van der Waals surface area contributed by atoms with Crippen LogP contribution >= 0.6 is 23.4 Å². The molecule has 0 bridgehead atoms. The lowest BCUT2D eigenvalue weighted by Crippen LogP contribution is -2.28. The maximum atomic E-state index is 13.1. The van der Waals surface area contributed by atoms with Crippen LogP contribution in [0.2, 0.25) is 5.02 Å². The summed E-state index contributed by atoms with van der Waals surface area (Å²) in [5.41, 5.74) is 3.66. The van der Waals surface area contributed by atoms with E-state index in [1.54, 1.807) is 23.9 Å². The van der Waals surface area contributed by atoms with Crippen molar-refractivity contribution >= 4 is 29.3 Å². The predicted molar refractivity (Wildman–Crippen MR) is 150 cm³/mol. The van der Waals surface area contributed by atoms with Gasteiger partial charge in [0.15, 0.2) is 11.0 Å². The van der Waals surface area contributed by atoms with Gasteiger partial charge in [-0.15, -0.1) is 10.2 Å². The largest absolute Gasteiger partial charge is 0.494 e. The van der Waals surface area contributed by atoms with Crippen molar-refractivity contribution in [2.24, 2.45) is 0 Å². The third-order valence-electron chi connectivity index (χ3n) is 5.90. The Morgan fingerprint density at radius 2 is 1.84 bits per heavy atom. The van der Waals surface area contributed by atoms with E-state index >= 15 is 0 Å². The van der Waals surface area contributed by atoms with E-state index in [2.05, 4.69) is 34.6 Å². The first-order valence-electron chi connectivity index (χ1n) is 12.4. The fraction of sp³-hybridized carbons (Fsp3) is 0.276. The lowest BCUT2D eigenvalue weighted by Gasteiger charge is -2.18. The van der Waals surface area contributed by atoms with Crippen molar-refractivity contribution in [2.75, 3.05) is 6.61 Å². The van der Waals surface area contributed by atoms with Crippen LogP contribution in [-0.4, -0.2) is 27.3 Å². The quantitative estimate of drug-likeness (QED) is 0.163. The monoisotopic (exact) mass is 534 g/mol. The molecule has 3 aromatic carbocycles. The Morgan fingerprint density at radius 3 is 2.57 bits per heavy atom. The van der Waals surface area contributed by atoms with Crippen molar-refractivity contribution in [3.63, 3.8) is 0 Å². The Hall–Kier alpha value is -3.29. The Kier molecular flexibility index (Phi) is 9.25. The number of ether oxygens (including phenoxy) is 1. The third-order valence-corrected chi connectivity index (χ3v) is 7.13. The minimum atomic E-state index is -0.398. The van der Waals surface area contributed by atoms with Gasteiger partial charge >= 0.3 is 0 Å². The fourth-order valence-electron chi connectivity index (χ4n) is 3.81. The predicted octanol–water partition coefficient (Wildman–Crippen LogP) is 7.19. The zero-order valence-corrected chi connectivity index (χ0v) is 22.9. The van der Waals surface area contributed by atoms with E-state index in [0.29, 0.717) is 23.0 Å². The summed E-state index contributed by atoms with van der Waals surface area (Å²) in [6.45, 7) is 6.72. The van der Waals surface area contributed by atoms with E-state index in [1.165, 1.54) is 5.56 Å². The average molecular weight is 535 g/mol. The van der Waals surface area contributed by atoms with Crippen LogP contribution < -0.4 is 10.1 Å². The number of benzene rings is 3. The molecule has 0 radical (unpaired) electrons. The molecule has 6 nitrogen and oxygen atoms in total. The van der Waals surface area contributed by atoms with Gasteiger partial charge in [0.1, 0.15) is 5.75 Å². The number of hydrogen-bond acceptors (Lipinski definition) is 5. The van der Waals surface area contributed by atoms with Crippen molar-refractivity contribution in [3.05, 3.63) is 100 Å². The van der Waals surface area contributed by atoms with Crippen LogP contribution in [0.15, 0.2) is 78.0 Å². The summed E-state index contributed by atoms with van der Waals surface area (Å²) in [5, 5.41) is 13.4. The molecule has 0 saturated heterocycles. The van der Waals surface area contributed by atoms with Gasteiger partial charge in [-0.3, -0.25) is 9.36 Å². The topological polar surface area (TPSA) is 69.0 Å². The van der Waals surface area contributed by atoms with Crippen LogP contribution in [0.3, 0.4) is 0 Å². The van der Waals surface area contributed by atoms with Crippen LogP contribution in [-0.2, 0) is 5.75 Å². The Balaban J connectivity index is 1.56. The molecule has 0 spiro atoms.